The van der Waals surface area contributed by atoms with E-state index in [-0.39, 0.29) is 18.9 Å². The molecule has 2 N–H and O–H groups in total. The molecule has 2 aliphatic heterocycles. The quantitative estimate of drug-likeness (QED) is 0.601. The molecule has 0 aromatic rings. The van der Waals surface area contributed by atoms with Gasteiger partial charge in [0.25, 0.3) is 10.2 Å². The highest BCUT2D eigenvalue weighted by Gasteiger charge is 2.31. The minimum Gasteiger partial charge on any atom is -0.355 e. The molecule has 7 nitrogen and oxygen atoms in total. The van der Waals surface area contributed by atoms with Crippen LogP contribution < -0.4 is 10.6 Å². The Balaban J connectivity index is 2.05. The number of piperazine rings is 1. The predicted octanol–water partition coefficient (Wildman–Crippen LogP) is -2.04. The lowest BCUT2D eigenvalue weighted by atomic mass is 10.4. The molecule has 98 valence electrons. The molecule has 8 heteroatoms. The van der Waals surface area contributed by atoms with Crippen LogP contribution in [0.2, 0.25) is 0 Å². The summed E-state index contributed by atoms with van der Waals surface area (Å²) >= 11 is 0. The van der Waals surface area contributed by atoms with Crippen molar-refractivity contribution in [2.45, 2.75) is 6.42 Å². The van der Waals surface area contributed by atoms with E-state index in [1.807, 2.05) is 0 Å². The van der Waals surface area contributed by atoms with Crippen LogP contribution >= 0.6 is 0 Å². The highest BCUT2D eigenvalue weighted by molar-refractivity contribution is 7.86. The van der Waals surface area contributed by atoms with Crippen LogP contribution in [-0.2, 0) is 15.0 Å². The Morgan fingerprint density at radius 2 is 1.53 bits per heavy atom. The Kier molecular flexibility index (Phi) is 3.97. The summed E-state index contributed by atoms with van der Waals surface area (Å²) < 4.78 is 27.5. The number of carbonyl (C=O) groups excluding carboxylic acids is 1. The monoisotopic (exact) mass is 262 g/mol. The number of nitrogens with zero attached hydrogens (tertiary/aromatic N) is 2. The zero-order valence-electron chi connectivity index (χ0n) is 9.68. The van der Waals surface area contributed by atoms with Gasteiger partial charge < -0.3 is 10.6 Å². The summed E-state index contributed by atoms with van der Waals surface area (Å²) in [7, 11) is -3.40. The molecule has 0 aromatic carbocycles. The molecule has 2 aliphatic rings. The van der Waals surface area contributed by atoms with Gasteiger partial charge in [0.1, 0.15) is 0 Å². The first kappa shape index (κ1) is 12.7. The first-order valence-corrected chi connectivity index (χ1v) is 7.23. The van der Waals surface area contributed by atoms with Crippen LogP contribution in [0.5, 0.6) is 0 Å². The van der Waals surface area contributed by atoms with E-state index in [4.69, 9.17) is 0 Å². The minimum absolute atomic E-state index is 0.0805. The smallest absolute Gasteiger partial charge is 0.282 e. The third-order valence-electron chi connectivity index (χ3n) is 3.00. The standard InChI is InChI=1S/C9H18N4O3S/c14-9-1-5-12(8-4-11-9)17(15,16)13-6-2-10-3-7-13/h10H,1-8H2,(H,11,14). The fourth-order valence-corrected chi connectivity index (χ4v) is 3.63. The first-order chi connectivity index (χ1) is 8.10. The van der Waals surface area contributed by atoms with Gasteiger partial charge in [-0.25, -0.2) is 0 Å². The molecule has 0 spiro atoms. The third kappa shape index (κ3) is 2.95. The molecule has 2 fully saturated rings. The molecule has 0 aromatic heterocycles. The van der Waals surface area contributed by atoms with Crippen molar-refractivity contribution in [3.05, 3.63) is 0 Å². The summed E-state index contributed by atoms with van der Waals surface area (Å²) in [6.45, 7) is 3.40. The molecule has 0 radical (unpaired) electrons. The van der Waals surface area contributed by atoms with Gasteiger partial charge in [0.15, 0.2) is 0 Å². The zero-order valence-corrected chi connectivity index (χ0v) is 10.5. The van der Waals surface area contributed by atoms with E-state index in [0.29, 0.717) is 39.3 Å². The van der Waals surface area contributed by atoms with Crippen molar-refractivity contribution in [3.8, 4) is 0 Å². The van der Waals surface area contributed by atoms with Crippen LogP contribution in [0.1, 0.15) is 6.42 Å². The van der Waals surface area contributed by atoms with Crippen molar-refractivity contribution >= 4 is 16.1 Å². The second-order valence-electron chi connectivity index (χ2n) is 4.16. The van der Waals surface area contributed by atoms with E-state index in [0.717, 1.165) is 0 Å². The molecule has 1 amide bonds. The molecule has 2 heterocycles. The van der Waals surface area contributed by atoms with Gasteiger partial charge in [0, 0.05) is 52.2 Å². The topological polar surface area (TPSA) is 81.8 Å². The largest absolute Gasteiger partial charge is 0.355 e. The van der Waals surface area contributed by atoms with E-state index in [2.05, 4.69) is 10.6 Å². The van der Waals surface area contributed by atoms with Gasteiger partial charge >= 0.3 is 0 Å². The second-order valence-corrected chi connectivity index (χ2v) is 6.08. The number of hydrogen-bond acceptors (Lipinski definition) is 4. The molecule has 0 saturated carbocycles. The molecule has 0 bridgehead atoms. The second kappa shape index (κ2) is 5.30. The zero-order chi connectivity index (χ0) is 12.3. The third-order valence-corrected chi connectivity index (χ3v) is 5.04. The van der Waals surface area contributed by atoms with Crippen molar-refractivity contribution in [3.63, 3.8) is 0 Å². The summed E-state index contributed by atoms with van der Waals surface area (Å²) in [6, 6.07) is 0. The van der Waals surface area contributed by atoms with Crippen LogP contribution in [0.3, 0.4) is 0 Å². The number of nitrogens with one attached hydrogen (secondary N) is 2. The van der Waals surface area contributed by atoms with Crippen molar-refractivity contribution in [2.75, 3.05) is 45.8 Å². The lowest BCUT2D eigenvalue weighted by Crippen LogP contribution is -2.52. The van der Waals surface area contributed by atoms with Crippen molar-refractivity contribution in [1.29, 1.82) is 0 Å². The minimum atomic E-state index is -3.40. The molecule has 0 atom stereocenters. The predicted molar refractivity (Wildman–Crippen MR) is 62.6 cm³/mol. The lowest BCUT2D eigenvalue weighted by Gasteiger charge is -2.31. The summed E-state index contributed by atoms with van der Waals surface area (Å²) in [4.78, 5) is 11.2. The van der Waals surface area contributed by atoms with Crippen LogP contribution in [0, 0.1) is 0 Å². The maximum Gasteiger partial charge on any atom is 0.282 e. The van der Waals surface area contributed by atoms with Crippen molar-refractivity contribution in [1.82, 2.24) is 19.2 Å². The van der Waals surface area contributed by atoms with Gasteiger partial charge in [0.2, 0.25) is 5.91 Å². The summed E-state index contributed by atoms with van der Waals surface area (Å²) in [6.07, 6.45) is 0.241. The number of rotatable bonds is 2. The van der Waals surface area contributed by atoms with Gasteiger partial charge in [-0.1, -0.05) is 0 Å². The van der Waals surface area contributed by atoms with E-state index < -0.39 is 10.2 Å². The number of hydrogen-bond donors (Lipinski definition) is 2. The molecule has 17 heavy (non-hydrogen) atoms. The van der Waals surface area contributed by atoms with Crippen molar-refractivity contribution < 1.29 is 13.2 Å². The van der Waals surface area contributed by atoms with E-state index in [9.17, 15) is 13.2 Å². The molecule has 0 unspecified atom stereocenters. The van der Waals surface area contributed by atoms with Crippen LogP contribution in [0.4, 0.5) is 0 Å². The molecule has 0 aliphatic carbocycles. The Morgan fingerprint density at radius 1 is 0.941 bits per heavy atom. The number of carbonyl (C=O) groups is 1. The lowest BCUT2D eigenvalue weighted by molar-refractivity contribution is -0.120. The Bertz CT molecular complexity index is 378. The molecule has 2 saturated heterocycles. The summed E-state index contributed by atoms with van der Waals surface area (Å²) in [5.74, 6) is -0.0805. The van der Waals surface area contributed by atoms with E-state index >= 15 is 0 Å². The van der Waals surface area contributed by atoms with Crippen LogP contribution in [-0.4, -0.2) is 68.7 Å². The van der Waals surface area contributed by atoms with Gasteiger partial charge in [-0.05, 0) is 0 Å². The highest BCUT2D eigenvalue weighted by atomic mass is 32.2. The molecular formula is C9H18N4O3S. The van der Waals surface area contributed by atoms with E-state index in [1.54, 1.807) is 0 Å². The Labute approximate surface area is 101 Å². The maximum absolute atomic E-state index is 12.3. The maximum atomic E-state index is 12.3. The molecule has 2 rings (SSSR count). The van der Waals surface area contributed by atoms with Crippen molar-refractivity contribution in [2.24, 2.45) is 0 Å². The average molecular weight is 262 g/mol. The van der Waals surface area contributed by atoms with Gasteiger partial charge in [-0.3, -0.25) is 4.79 Å². The van der Waals surface area contributed by atoms with Gasteiger partial charge in [0.05, 0.1) is 0 Å². The fraction of sp³-hybridized carbons (Fsp3) is 0.889. The van der Waals surface area contributed by atoms with Crippen LogP contribution in [0.15, 0.2) is 0 Å². The average Bonchev–Trinajstić information content (AvgIpc) is 2.55. The SMILES string of the molecule is O=C1CCN(S(=O)(=O)N2CCNCC2)CCN1. The Hall–Kier alpha value is -0.700. The van der Waals surface area contributed by atoms with Gasteiger partial charge in [-0.15, -0.1) is 0 Å². The summed E-state index contributed by atoms with van der Waals surface area (Å²) in [5.41, 5.74) is 0. The summed E-state index contributed by atoms with van der Waals surface area (Å²) in [5, 5.41) is 5.79. The van der Waals surface area contributed by atoms with Crippen LogP contribution in [0.25, 0.3) is 0 Å². The number of amides is 1. The fourth-order valence-electron chi connectivity index (χ4n) is 2.02. The van der Waals surface area contributed by atoms with E-state index in [1.165, 1.54) is 8.61 Å². The molecular weight excluding hydrogens is 244 g/mol. The first-order valence-electron chi connectivity index (χ1n) is 5.83. The van der Waals surface area contributed by atoms with Gasteiger partial charge in [-0.2, -0.15) is 17.0 Å². The highest BCUT2D eigenvalue weighted by Crippen LogP contribution is 2.11. The Morgan fingerprint density at radius 3 is 2.24 bits per heavy atom. The normalized spacial score (nSPS) is 25.3.